The summed E-state index contributed by atoms with van der Waals surface area (Å²) in [7, 11) is 0. The molecular formula is C15H16N4OS. The lowest BCUT2D eigenvalue weighted by Gasteiger charge is -2.47. The Balaban J connectivity index is 1.54. The molecule has 0 radical (unpaired) electrons. The van der Waals surface area contributed by atoms with E-state index >= 15 is 0 Å². The van der Waals surface area contributed by atoms with Crippen LogP contribution in [-0.2, 0) is 4.84 Å². The van der Waals surface area contributed by atoms with Gasteiger partial charge in [0.25, 0.3) is 0 Å². The summed E-state index contributed by atoms with van der Waals surface area (Å²) in [6.45, 7) is 3.29. The maximum atomic E-state index is 5.97. The number of aliphatic imine (C=N–C) groups is 1. The van der Waals surface area contributed by atoms with Crippen molar-refractivity contribution in [3.05, 3.63) is 29.3 Å². The number of hydrogen-bond acceptors (Lipinski definition) is 6. The van der Waals surface area contributed by atoms with Crippen molar-refractivity contribution >= 4 is 27.4 Å². The minimum Gasteiger partial charge on any atom is -0.298 e. The Labute approximate surface area is 126 Å². The van der Waals surface area contributed by atoms with Crippen LogP contribution in [0.25, 0.3) is 10.2 Å². The second-order valence-electron chi connectivity index (χ2n) is 6.06. The predicted molar refractivity (Wildman–Crippen MR) is 82.3 cm³/mol. The maximum absolute atomic E-state index is 5.97. The van der Waals surface area contributed by atoms with Gasteiger partial charge in [-0.2, -0.15) is 0 Å². The molecule has 2 aromatic heterocycles. The minimum absolute atomic E-state index is 0.366. The van der Waals surface area contributed by atoms with E-state index in [1.165, 1.54) is 30.6 Å². The molecule has 6 rings (SSSR count). The van der Waals surface area contributed by atoms with E-state index in [2.05, 4.69) is 27.5 Å². The van der Waals surface area contributed by atoms with E-state index in [9.17, 15) is 0 Å². The van der Waals surface area contributed by atoms with Gasteiger partial charge in [0.05, 0.1) is 21.6 Å². The highest BCUT2D eigenvalue weighted by molar-refractivity contribution is 7.20. The predicted octanol–water partition coefficient (Wildman–Crippen LogP) is 2.00. The van der Waals surface area contributed by atoms with Gasteiger partial charge >= 0.3 is 0 Å². The monoisotopic (exact) mass is 300 g/mol. The topological polar surface area (TPSA) is 49.8 Å². The summed E-state index contributed by atoms with van der Waals surface area (Å²) in [5.41, 5.74) is 3.74. The van der Waals surface area contributed by atoms with Gasteiger partial charge in [0.1, 0.15) is 0 Å². The van der Waals surface area contributed by atoms with Crippen molar-refractivity contribution in [3.8, 4) is 0 Å². The highest BCUT2D eigenvalue weighted by Crippen LogP contribution is 2.41. The molecule has 6 heteroatoms. The molecule has 0 unspecified atom stereocenters. The fraction of sp³-hybridized carbons (Fsp3) is 0.467. The summed E-state index contributed by atoms with van der Waals surface area (Å²) in [5, 5.41) is 0. The zero-order chi connectivity index (χ0) is 13.9. The molecule has 0 aliphatic carbocycles. The van der Waals surface area contributed by atoms with E-state index in [1.807, 2.05) is 12.3 Å². The maximum Gasteiger partial charge on any atom is 0.202 e. The van der Waals surface area contributed by atoms with E-state index in [1.54, 1.807) is 11.3 Å². The van der Waals surface area contributed by atoms with Gasteiger partial charge < -0.3 is 0 Å². The Morgan fingerprint density at radius 1 is 1.38 bits per heavy atom. The first-order chi connectivity index (χ1) is 10.3. The molecule has 108 valence electrons. The quantitative estimate of drug-likeness (QED) is 0.875. The smallest absolute Gasteiger partial charge is 0.202 e. The van der Waals surface area contributed by atoms with Crippen LogP contribution in [-0.4, -0.2) is 41.1 Å². The first kappa shape index (κ1) is 12.1. The molecule has 3 saturated heterocycles. The van der Waals surface area contributed by atoms with Crippen LogP contribution in [0.1, 0.15) is 17.7 Å². The zero-order valence-corrected chi connectivity index (χ0v) is 12.4. The van der Waals surface area contributed by atoms with E-state index in [4.69, 9.17) is 9.83 Å². The Hall–Kier alpha value is -1.50. The van der Waals surface area contributed by atoms with Crippen molar-refractivity contribution in [2.75, 3.05) is 19.6 Å². The molecule has 21 heavy (non-hydrogen) atoms. The van der Waals surface area contributed by atoms with Gasteiger partial charge in [0, 0.05) is 12.1 Å². The molecule has 0 saturated carbocycles. The lowest BCUT2D eigenvalue weighted by Crippen LogP contribution is -2.58. The van der Waals surface area contributed by atoms with Gasteiger partial charge in [-0.05, 0) is 44.1 Å². The molecule has 0 amide bonds. The third-order valence-electron chi connectivity index (χ3n) is 4.82. The number of hydrogen-bond donors (Lipinski definition) is 1. The van der Waals surface area contributed by atoms with Gasteiger partial charge in [-0.15, -0.1) is 11.3 Å². The van der Waals surface area contributed by atoms with Crippen LogP contribution in [0.15, 0.2) is 29.4 Å². The van der Waals surface area contributed by atoms with Crippen molar-refractivity contribution in [1.29, 1.82) is 0 Å². The van der Waals surface area contributed by atoms with Gasteiger partial charge in [-0.25, -0.2) is 15.3 Å². The number of aromatic nitrogens is 1. The lowest BCUT2D eigenvalue weighted by atomic mass is 9.81. The molecule has 3 fully saturated rings. The van der Waals surface area contributed by atoms with Crippen molar-refractivity contribution in [2.45, 2.75) is 18.6 Å². The first-order valence-corrected chi connectivity index (χ1v) is 8.25. The van der Waals surface area contributed by atoms with Crippen LogP contribution in [0.2, 0.25) is 0 Å². The Morgan fingerprint density at radius 2 is 2.29 bits per heavy atom. The molecular weight excluding hydrogens is 284 g/mol. The summed E-state index contributed by atoms with van der Waals surface area (Å²) in [6.07, 6.45) is 4.20. The number of rotatable bonds is 1. The van der Waals surface area contributed by atoms with Gasteiger partial charge in [-0.1, -0.05) is 0 Å². The van der Waals surface area contributed by atoms with Gasteiger partial charge in [-0.3, -0.25) is 9.88 Å². The summed E-state index contributed by atoms with van der Waals surface area (Å²) in [5.74, 6) is 1.41. The number of nitrogens with one attached hydrogen (secondary N) is 1. The van der Waals surface area contributed by atoms with Crippen molar-refractivity contribution in [2.24, 2.45) is 10.9 Å². The second-order valence-corrected chi connectivity index (χ2v) is 7.14. The highest BCUT2D eigenvalue weighted by atomic mass is 32.1. The van der Waals surface area contributed by atoms with Crippen molar-refractivity contribution < 1.29 is 4.84 Å². The minimum atomic E-state index is -0.366. The van der Waals surface area contributed by atoms with Gasteiger partial charge in [0.15, 0.2) is 5.84 Å². The number of fused-ring (bicyclic) bond motifs is 3. The molecule has 1 spiro atoms. The third kappa shape index (κ3) is 1.76. The van der Waals surface area contributed by atoms with E-state index in [0.717, 1.165) is 22.8 Å². The van der Waals surface area contributed by atoms with E-state index < -0.39 is 0 Å². The summed E-state index contributed by atoms with van der Waals surface area (Å²) in [6, 6.07) is 6.16. The number of nitrogens with zero attached hydrogens (tertiary/aromatic N) is 3. The summed E-state index contributed by atoms with van der Waals surface area (Å²) < 4.78 is 1.19. The molecule has 2 aromatic rings. The van der Waals surface area contributed by atoms with Crippen LogP contribution in [0.5, 0.6) is 0 Å². The molecule has 0 aromatic carbocycles. The molecule has 4 aliphatic heterocycles. The molecule has 2 bridgehead atoms. The fourth-order valence-electron chi connectivity index (χ4n) is 3.70. The van der Waals surface area contributed by atoms with Crippen LogP contribution >= 0.6 is 11.3 Å². The Morgan fingerprint density at radius 3 is 3.05 bits per heavy atom. The number of amidine groups is 1. The standard InChI is InChI=1S/C15H16N4OS/c1-2-12-11(16-5-1)8-13(21-12)14-17-15(20-18-14)9-19-6-3-10(15)4-7-19/h1-2,5,8,10H,3-4,6-7,9H2,(H,17,18)/t15-/m1/s1. The third-order valence-corrected chi connectivity index (χ3v) is 5.92. The number of hydroxylamine groups is 1. The normalized spacial score (nSPS) is 34.4. The number of piperidine rings is 3. The fourth-order valence-corrected chi connectivity index (χ4v) is 4.65. The first-order valence-electron chi connectivity index (χ1n) is 7.44. The molecule has 1 atom stereocenters. The molecule has 6 heterocycles. The van der Waals surface area contributed by atoms with E-state index in [-0.39, 0.29) is 5.72 Å². The zero-order valence-electron chi connectivity index (χ0n) is 11.6. The average molecular weight is 300 g/mol. The number of thiophene rings is 1. The van der Waals surface area contributed by atoms with Crippen molar-refractivity contribution in [1.82, 2.24) is 15.4 Å². The Kier molecular flexibility index (Phi) is 2.45. The second kappa shape index (κ2) is 4.25. The SMILES string of the molecule is c1cnc2cc(C3=N[C@]4(CN5CCC4CC5)ON3)sc2c1. The summed E-state index contributed by atoms with van der Waals surface area (Å²) >= 11 is 1.71. The molecule has 4 aliphatic rings. The van der Waals surface area contributed by atoms with Crippen LogP contribution < -0.4 is 5.48 Å². The molecule has 1 N–H and O–H groups in total. The van der Waals surface area contributed by atoms with Crippen molar-refractivity contribution in [3.63, 3.8) is 0 Å². The number of pyridine rings is 1. The molecule has 5 nitrogen and oxygen atoms in total. The van der Waals surface area contributed by atoms with Crippen LogP contribution in [0.3, 0.4) is 0 Å². The lowest BCUT2D eigenvalue weighted by molar-refractivity contribution is -0.155. The van der Waals surface area contributed by atoms with Crippen LogP contribution in [0.4, 0.5) is 0 Å². The van der Waals surface area contributed by atoms with Gasteiger partial charge in [0.2, 0.25) is 5.72 Å². The highest BCUT2D eigenvalue weighted by Gasteiger charge is 2.51. The summed E-state index contributed by atoms with van der Waals surface area (Å²) in [4.78, 5) is 18.9. The Bertz CT molecular complexity index is 701. The van der Waals surface area contributed by atoms with E-state index in [0.29, 0.717) is 5.92 Å². The largest absolute Gasteiger partial charge is 0.298 e. The van der Waals surface area contributed by atoms with Crippen LogP contribution in [0, 0.1) is 5.92 Å². The average Bonchev–Trinajstić information content (AvgIpc) is 3.13.